The Kier molecular flexibility index (Phi) is 6.37. The summed E-state index contributed by atoms with van der Waals surface area (Å²) in [6.45, 7) is 1.56. The highest BCUT2D eigenvalue weighted by atomic mass is 32.2. The molecule has 0 saturated heterocycles. The third-order valence-corrected chi connectivity index (χ3v) is 8.45. The quantitative estimate of drug-likeness (QED) is 0.557. The van der Waals surface area contributed by atoms with Crippen LogP contribution in [0.1, 0.15) is 18.5 Å². The number of hydrogen-bond acceptors (Lipinski definition) is 6. The molecule has 1 heterocycles. The maximum atomic E-state index is 13.4. The molecule has 1 amide bonds. The smallest absolute Gasteiger partial charge is 0.264 e. The van der Waals surface area contributed by atoms with Gasteiger partial charge in [-0.2, -0.15) is 0 Å². The van der Waals surface area contributed by atoms with Gasteiger partial charge in [0.25, 0.3) is 15.9 Å². The molecule has 0 aliphatic carbocycles. The average Bonchev–Trinajstić information content (AvgIpc) is 2.83. The minimum absolute atomic E-state index is 0.116. The summed E-state index contributed by atoms with van der Waals surface area (Å²) in [5.74, 6) is -0.194. The molecule has 1 aliphatic heterocycles. The standard InChI is InChI=1S/C24H24N2O6S2/c1-17(18-12-14-19(15-13-18)33(2,28)29)25-24(27)23-16-26(21-10-6-7-11-22(21)32-23)34(30,31)20-8-4-3-5-9-20/h3-15,17,23H,16H2,1-2H3,(H,25,27)/t17-,23-/m0/s1. The van der Waals surface area contributed by atoms with Crippen molar-refractivity contribution in [1.82, 2.24) is 5.32 Å². The fourth-order valence-corrected chi connectivity index (χ4v) is 5.81. The van der Waals surface area contributed by atoms with Crippen LogP contribution in [-0.2, 0) is 24.7 Å². The Bertz CT molecular complexity index is 1410. The largest absolute Gasteiger partial charge is 0.476 e. The summed E-state index contributed by atoms with van der Waals surface area (Å²) in [5.41, 5.74) is 1.06. The summed E-state index contributed by atoms with van der Waals surface area (Å²) in [5, 5.41) is 2.83. The minimum Gasteiger partial charge on any atom is -0.476 e. The molecular formula is C24H24N2O6S2. The third-order valence-electron chi connectivity index (χ3n) is 5.53. The number of ether oxygens (including phenoxy) is 1. The molecule has 10 heteroatoms. The highest BCUT2D eigenvalue weighted by molar-refractivity contribution is 7.92. The van der Waals surface area contributed by atoms with Crippen LogP contribution >= 0.6 is 0 Å². The summed E-state index contributed by atoms with van der Waals surface area (Å²) >= 11 is 0. The molecule has 3 aromatic rings. The van der Waals surface area contributed by atoms with E-state index in [0.717, 1.165) is 6.26 Å². The van der Waals surface area contributed by atoms with Crippen LogP contribution < -0.4 is 14.4 Å². The van der Waals surface area contributed by atoms with Crippen LogP contribution in [0.15, 0.2) is 88.7 Å². The van der Waals surface area contributed by atoms with Crippen LogP contribution in [0.5, 0.6) is 5.75 Å². The lowest BCUT2D eigenvalue weighted by molar-refractivity contribution is -0.128. The number of amides is 1. The maximum Gasteiger partial charge on any atom is 0.264 e. The second-order valence-corrected chi connectivity index (χ2v) is 11.9. The molecule has 0 saturated carbocycles. The lowest BCUT2D eigenvalue weighted by Gasteiger charge is -2.35. The Labute approximate surface area is 199 Å². The molecule has 0 fully saturated rings. The number of nitrogens with zero attached hydrogens (tertiary/aromatic N) is 1. The number of carbonyl (C=O) groups excluding carboxylic acids is 1. The summed E-state index contributed by atoms with van der Waals surface area (Å²) in [6, 6.07) is 20.4. The van der Waals surface area contributed by atoms with Crippen molar-refractivity contribution in [3.63, 3.8) is 0 Å². The highest BCUT2D eigenvalue weighted by Gasteiger charge is 2.37. The molecule has 0 spiro atoms. The third kappa shape index (κ3) is 4.78. The summed E-state index contributed by atoms with van der Waals surface area (Å²) in [7, 11) is -7.25. The molecule has 4 rings (SSSR count). The van der Waals surface area contributed by atoms with Crippen LogP contribution in [0.25, 0.3) is 0 Å². The zero-order chi connectivity index (χ0) is 24.5. The van der Waals surface area contributed by atoms with Gasteiger partial charge in [0, 0.05) is 6.26 Å². The van der Waals surface area contributed by atoms with Gasteiger partial charge >= 0.3 is 0 Å². The van der Waals surface area contributed by atoms with Crippen LogP contribution in [0.3, 0.4) is 0 Å². The molecular weight excluding hydrogens is 476 g/mol. The lowest BCUT2D eigenvalue weighted by atomic mass is 10.1. The van der Waals surface area contributed by atoms with Gasteiger partial charge in [-0.05, 0) is 48.9 Å². The first-order chi connectivity index (χ1) is 16.1. The minimum atomic E-state index is -3.92. The van der Waals surface area contributed by atoms with E-state index >= 15 is 0 Å². The Morgan fingerprint density at radius 2 is 1.53 bits per heavy atom. The number of nitrogens with one attached hydrogen (secondary N) is 1. The Morgan fingerprint density at radius 3 is 2.18 bits per heavy atom. The van der Waals surface area contributed by atoms with Crippen molar-refractivity contribution in [2.45, 2.75) is 28.9 Å². The van der Waals surface area contributed by atoms with E-state index in [0.29, 0.717) is 17.0 Å². The van der Waals surface area contributed by atoms with Gasteiger partial charge in [0.1, 0.15) is 5.75 Å². The van der Waals surface area contributed by atoms with Gasteiger partial charge in [-0.3, -0.25) is 9.10 Å². The number of sulfonamides is 1. The molecule has 2 atom stereocenters. The van der Waals surface area contributed by atoms with Crippen LogP contribution in [0, 0.1) is 0 Å². The summed E-state index contributed by atoms with van der Waals surface area (Å²) in [6.07, 6.45) is 0.0480. The molecule has 1 aliphatic rings. The number of rotatable bonds is 6. The predicted octanol–water partition coefficient (Wildman–Crippen LogP) is 2.92. The second kappa shape index (κ2) is 9.11. The topological polar surface area (TPSA) is 110 Å². The zero-order valence-electron chi connectivity index (χ0n) is 18.6. The van der Waals surface area contributed by atoms with E-state index in [-0.39, 0.29) is 16.3 Å². The van der Waals surface area contributed by atoms with Gasteiger partial charge in [-0.15, -0.1) is 0 Å². The van der Waals surface area contributed by atoms with Gasteiger partial charge in [-0.1, -0.05) is 42.5 Å². The van der Waals surface area contributed by atoms with E-state index in [4.69, 9.17) is 4.74 Å². The number of para-hydroxylation sites is 2. The first-order valence-electron chi connectivity index (χ1n) is 10.5. The molecule has 1 N–H and O–H groups in total. The van der Waals surface area contributed by atoms with Crippen molar-refractivity contribution in [3.8, 4) is 5.75 Å². The zero-order valence-corrected chi connectivity index (χ0v) is 20.2. The summed E-state index contributed by atoms with van der Waals surface area (Å²) < 4.78 is 57.1. The van der Waals surface area contributed by atoms with E-state index in [9.17, 15) is 21.6 Å². The Balaban J connectivity index is 1.57. The first kappa shape index (κ1) is 23.8. The number of hydrogen-bond donors (Lipinski definition) is 1. The molecule has 8 nitrogen and oxygen atoms in total. The van der Waals surface area contributed by atoms with Crippen molar-refractivity contribution in [3.05, 3.63) is 84.4 Å². The van der Waals surface area contributed by atoms with Crippen molar-refractivity contribution in [2.24, 2.45) is 0 Å². The normalized spacial score (nSPS) is 16.8. The van der Waals surface area contributed by atoms with Crippen molar-refractivity contribution in [2.75, 3.05) is 17.1 Å². The molecule has 0 unspecified atom stereocenters. The fourth-order valence-electron chi connectivity index (χ4n) is 3.68. The Morgan fingerprint density at radius 1 is 0.912 bits per heavy atom. The van der Waals surface area contributed by atoms with E-state index in [2.05, 4.69) is 5.32 Å². The van der Waals surface area contributed by atoms with Gasteiger partial charge in [-0.25, -0.2) is 16.8 Å². The number of anilines is 1. The molecule has 34 heavy (non-hydrogen) atoms. The van der Waals surface area contributed by atoms with E-state index < -0.39 is 37.9 Å². The van der Waals surface area contributed by atoms with Crippen molar-refractivity contribution < 1.29 is 26.4 Å². The van der Waals surface area contributed by atoms with E-state index in [1.807, 2.05) is 0 Å². The monoisotopic (exact) mass is 500 g/mol. The number of sulfone groups is 1. The first-order valence-corrected chi connectivity index (χ1v) is 13.8. The van der Waals surface area contributed by atoms with Crippen LogP contribution in [0.4, 0.5) is 5.69 Å². The average molecular weight is 501 g/mol. The number of benzene rings is 3. The molecule has 178 valence electrons. The number of carbonyl (C=O) groups is 1. The van der Waals surface area contributed by atoms with Crippen LogP contribution in [0.2, 0.25) is 0 Å². The van der Waals surface area contributed by atoms with Gasteiger partial charge in [0.15, 0.2) is 15.9 Å². The van der Waals surface area contributed by atoms with Gasteiger partial charge in [0.05, 0.1) is 28.1 Å². The summed E-state index contributed by atoms with van der Waals surface area (Å²) in [4.78, 5) is 13.4. The molecule has 0 bridgehead atoms. The van der Waals surface area contributed by atoms with Crippen LogP contribution in [-0.4, -0.2) is 41.6 Å². The molecule has 3 aromatic carbocycles. The van der Waals surface area contributed by atoms with E-state index in [1.54, 1.807) is 61.5 Å². The van der Waals surface area contributed by atoms with Gasteiger partial charge < -0.3 is 10.1 Å². The number of fused-ring (bicyclic) bond motifs is 1. The second-order valence-electron chi connectivity index (χ2n) is 7.99. The lowest BCUT2D eigenvalue weighted by Crippen LogP contribution is -2.51. The predicted molar refractivity (Wildman–Crippen MR) is 128 cm³/mol. The van der Waals surface area contributed by atoms with Crippen molar-refractivity contribution in [1.29, 1.82) is 0 Å². The molecule has 0 radical (unpaired) electrons. The maximum absolute atomic E-state index is 13.4. The molecule has 0 aromatic heterocycles. The van der Waals surface area contributed by atoms with Gasteiger partial charge in [0.2, 0.25) is 0 Å². The SMILES string of the molecule is C[C@H](NC(=O)[C@@H]1CN(S(=O)(=O)c2ccccc2)c2ccccc2O1)c1ccc(S(C)(=O)=O)cc1. The van der Waals surface area contributed by atoms with Crippen molar-refractivity contribution >= 4 is 31.5 Å². The van der Waals surface area contributed by atoms with E-state index in [1.165, 1.54) is 28.6 Å². The highest BCUT2D eigenvalue weighted by Crippen LogP contribution is 2.36. The fraction of sp³-hybridized carbons (Fsp3) is 0.208. The Hall–Kier alpha value is -3.37.